The summed E-state index contributed by atoms with van der Waals surface area (Å²) >= 11 is 0. The molecule has 1 aliphatic rings. The van der Waals surface area contributed by atoms with E-state index in [9.17, 15) is 18.0 Å². The first-order valence-corrected chi connectivity index (χ1v) is 11.0. The molecule has 0 radical (unpaired) electrons. The highest BCUT2D eigenvalue weighted by Crippen LogP contribution is 2.33. The molecule has 0 N–H and O–H groups in total. The minimum absolute atomic E-state index is 0.00195. The minimum Gasteiger partial charge on any atom is -0.370 e. The number of benzene rings is 1. The Morgan fingerprint density at radius 2 is 1.95 bits per heavy atom. The summed E-state index contributed by atoms with van der Waals surface area (Å²) in [4.78, 5) is 27.0. The topological polar surface area (TPSA) is 115 Å². The molecule has 1 aliphatic heterocycles. The van der Waals surface area contributed by atoms with Crippen LogP contribution < -0.4 is 10.5 Å². The Labute approximate surface area is 206 Å². The van der Waals surface area contributed by atoms with Gasteiger partial charge in [0.2, 0.25) is 11.8 Å². The van der Waals surface area contributed by atoms with Crippen LogP contribution in [0.25, 0.3) is 22.3 Å². The molecule has 1 atom stereocenters. The summed E-state index contributed by atoms with van der Waals surface area (Å²) in [5.74, 6) is -2.38. The molecule has 0 spiro atoms. The average molecular weight is 514 g/mol. The van der Waals surface area contributed by atoms with Crippen LogP contribution in [0, 0.1) is 17.1 Å². The number of fused-ring (bicyclic) bond motifs is 1. The quantitative estimate of drug-likeness (QED) is 0.384. The summed E-state index contributed by atoms with van der Waals surface area (Å²) in [5.41, 5.74) is -1.68. The third-order valence-corrected chi connectivity index (χ3v) is 5.97. The number of aryl methyl sites for hydroxylation is 1. The van der Waals surface area contributed by atoms with Gasteiger partial charge in [0.25, 0.3) is 5.56 Å². The fourth-order valence-corrected chi connectivity index (χ4v) is 4.13. The van der Waals surface area contributed by atoms with E-state index >= 15 is 4.39 Å². The van der Waals surface area contributed by atoms with Crippen LogP contribution in [0.5, 0.6) is 0 Å². The van der Waals surface area contributed by atoms with Crippen LogP contribution in [0.4, 0.5) is 23.5 Å². The summed E-state index contributed by atoms with van der Waals surface area (Å²) in [5, 5.41) is 13.2. The van der Waals surface area contributed by atoms with Crippen molar-refractivity contribution in [2.75, 3.05) is 24.6 Å². The third-order valence-electron chi connectivity index (χ3n) is 5.97. The van der Waals surface area contributed by atoms with Gasteiger partial charge in [-0.15, -0.1) is 0 Å². The van der Waals surface area contributed by atoms with Crippen LogP contribution in [0.3, 0.4) is 0 Å². The Morgan fingerprint density at radius 1 is 1.16 bits per heavy atom. The Kier molecular flexibility index (Phi) is 5.87. The number of hydrogen-bond acceptors (Lipinski definition) is 8. The summed E-state index contributed by atoms with van der Waals surface area (Å²) in [6, 6.07) is 5.24. The fourth-order valence-electron chi connectivity index (χ4n) is 4.13. The van der Waals surface area contributed by atoms with E-state index < -0.39 is 40.5 Å². The van der Waals surface area contributed by atoms with Gasteiger partial charge in [0.15, 0.2) is 5.52 Å². The number of ether oxygens (including phenoxy) is 1. The second kappa shape index (κ2) is 8.93. The fraction of sp³-hybridized carbons (Fsp3) is 0.304. The number of nitriles is 1. The lowest BCUT2D eigenvalue weighted by molar-refractivity contribution is -0.147. The van der Waals surface area contributed by atoms with E-state index in [1.807, 2.05) is 0 Å². The average Bonchev–Trinajstić information content (AvgIpc) is 3.31. The van der Waals surface area contributed by atoms with Gasteiger partial charge in [-0.05, 0) is 18.2 Å². The van der Waals surface area contributed by atoms with Crippen molar-refractivity contribution in [3.05, 3.63) is 63.7 Å². The van der Waals surface area contributed by atoms with E-state index in [-0.39, 0.29) is 35.9 Å². The molecule has 0 aliphatic carbocycles. The second-order valence-corrected chi connectivity index (χ2v) is 8.43. The summed E-state index contributed by atoms with van der Waals surface area (Å²) < 4.78 is 63.8. The van der Waals surface area contributed by atoms with Crippen molar-refractivity contribution in [2.45, 2.75) is 12.3 Å². The first-order chi connectivity index (χ1) is 17.6. The van der Waals surface area contributed by atoms with Gasteiger partial charge < -0.3 is 9.64 Å². The van der Waals surface area contributed by atoms with Gasteiger partial charge in [-0.2, -0.15) is 23.5 Å². The summed E-state index contributed by atoms with van der Waals surface area (Å²) in [6.07, 6.45) is -1.94. The number of nitrogens with zero attached hydrogens (tertiary/aromatic N) is 8. The molecule has 0 bridgehead atoms. The predicted octanol–water partition coefficient (Wildman–Crippen LogP) is 2.73. The van der Waals surface area contributed by atoms with E-state index in [2.05, 4.69) is 20.1 Å². The maximum atomic E-state index is 15.0. The number of alkyl halides is 3. The highest BCUT2D eigenvalue weighted by Gasteiger charge is 2.37. The minimum atomic E-state index is -4.96. The monoisotopic (exact) mass is 514 g/mol. The predicted molar refractivity (Wildman–Crippen MR) is 122 cm³/mol. The van der Waals surface area contributed by atoms with E-state index in [0.717, 1.165) is 18.7 Å². The Hall–Kier alpha value is -4.38. The van der Waals surface area contributed by atoms with E-state index in [1.54, 1.807) is 35.1 Å². The molecule has 14 heteroatoms. The number of aromatic nitrogens is 6. The van der Waals surface area contributed by atoms with Crippen molar-refractivity contribution in [3.8, 4) is 17.3 Å². The molecule has 0 saturated carbocycles. The van der Waals surface area contributed by atoms with Crippen molar-refractivity contribution in [3.63, 3.8) is 0 Å². The smallest absolute Gasteiger partial charge is 0.370 e. The van der Waals surface area contributed by atoms with Crippen LogP contribution in [0.2, 0.25) is 0 Å². The molecule has 1 saturated heterocycles. The highest BCUT2D eigenvalue weighted by molar-refractivity contribution is 5.90. The SMILES string of the molecule is Cn1cc([C@@H]2CN(c3nc(-c4ccc(C#N)cc4F)c4nc(C(F)(F)F)n(C)c(=O)c4n3)CCO2)cn1. The van der Waals surface area contributed by atoms with E-state index in [4.69, 9.17) is 10.00 Å². The van der Waals surface area contributed by atoms with Crippen molar-refractivity contribution in [2.24, 2.45) is 14.1 Å². The van der Waals surface area contributed by atoms with Gasteiger partial charge >= 0.3 is 6.18 Å². The zero-order valence-electron chi connectivity index (χ0n) is 19.5. The lowest BCUT2D eigenvalue weighted by atomic mass is 10.1. The third kappa shape index (κ3) is 4.38. The Bertz CT molecular complexity index is 1620. The van der Waals surface area contributed by atoms with Gasteiger partial charge in [0, 0.05) is 38.0 Å². The van der Waals surface area contributed by atoms with Gasteiger partial charge in [-0.1, -0.05) is 0 Å². The molecule has 4 aromatic rings. The molecule has 5 rings (SSSR count). The van der Waals surface area contributed by atoms with Gasteiger partial charge in [-0.25, -0.2) is 19.3 Å². The molecular formula is C23H18F4N8O2. The van der Waals surface area contributed by atoms with Crippen molar-refractivity contribution >= 4 is 17.0 Å². The van der Waals surface area contributed by atoms with Crippen LogP contribution in [0.15, 0.2) is 35.4 Å². The molecule has 4 heterocycles. The lowest BCUT2D eigenvalue weighted by Gasteiger charge is -2.32. The molecule has 37 heavy (non-hydrogen) atoms. The largest absolute Gasteiger partial charge is 0.449 e. The lowest BCUT2D eigenvalue weighted by Crippen LogP contribution is -2.39. The maximum Gasteiger partial charge on any atom is 0.449 e. The number of anilines is 1. The number of rotatable bonds is 3. The number of morpholine rings is 1. The molecule has 1 fully saturated rings. The van der Waals surface area contributed by atoms with Crippen molar-refractivity contribution < 1.29 is 22.3 Å². The molecule has 190 valence electrons. The molecular weight excluding hydrogens is 496 g/mol. The normalized spacial score (nSPS) is 16.2. The molecule has 10 nitrogen and oxygen atoms in total. The van der Waals surface area contributed by atoms with Crippen LogP contribution >= 0.6 is 0 Å². The Morgan fingerprint density at radius 3 is 2.59 bits per heavy atom. The van der Waals surface area contributed by atoms with Crippen LogP contribution in [-0.2, 0) is 25.0 Å². The van der Waals surface area contributed by atoms with Gasteiger partial charge in [-0.3, -0.25) is 14.0 Å². The molecule has 1 aromatic carbocycles. The van der Waals surface area contributed by atoms with E-state index in [1.165, 1.54) is 12.1 Å². The number of halogens is 4. The first kappa shape index (κ1) is 24.3. The molecule has 0 unspecified atom stereocenters. The van der Waals surface area contributed by atoms with Crippen molar-refractivity contribution in [1.82, 2.24) is 29.3 Å². The van der Waals surface area contributed by atoms with Crippen molar-refractivity contribution in [1.29, 1.82) is 5.26 Å². The maximum absolute atomic E-state index is 15.0. The zero-order valence-corrected chi connectivity index (χ0v) is 19.5. The standard InChI is InChI=1S/C23H18F4N8O2/c1-33-10-13(9-29-33)16-11-35(5-6-37-16)22-31-17(14-4-3-12(8-28)7-15(14)24)18-19(32-22)20(36)34(2)21(30-18)23(25,26)27/h3-4,7,9-10,16H,5-6,11H2,1-2H3/t16-/m0/s1. The summed E-state index contributed by atoms with van der Waals surface area (Å²) in [6.45, 7) is 0.831. The molecule has 3 aromatic heterocycles. The zero-order chi connectivity index (χ0) is 26.5. The summed E-state index contributed by atoms with van der Waals surface area (Å²) in [7, 11) is 2.70. The van der Waals surface area contributed by atoms with Crippen LogP contribution in [-0.4, -0.2) is 49.0 Å². The first-order valence-electron chi connectivity index (χ1n) is 11.0. The van der Waals surface area contributed by atoms with Gasteiger partial charge in [0.1, 0.15) is 23.1 Å². The highest BCUT2D eigenvalue weighted by atomic mass is 19.4. The molecule has 0 amide bonds. The second-order valence-electron chi connectivity index (χ2n) is 8.43. The Balaban J connectivity index is 1.72. The van der Waals surface area contributed by atoms with Crippen LogP contribution in [0.1, 0.15) is 23.1 Å². The van der Waals surface area contributed by atoms with E-state index in [0.29, 0.717) is 11.1 Å². The van der Waals surface area contributed by atoms with Gasteiger partial charge in [0.05, 0.1) is 31.0 Å². The number of hydrogen-bond donors (Lipinski definition) is 0.